The molecule has 0 unspecified atom stereocenters. The Morgan fingerprint density at radius 2 is 2.14 bits per heavy atom. The van der Waals surface area contributed by atoms with Crippen LogP contribution in [0.25, 0.3) is 0 Å². The van der Waals surface area contributed by atoms with E-state index in [1.165, 1.54) is 14.2 Å². The highest BCUT2D eigenvalue weighted by atomic mass is 16.9. The Morgan fingerprint density at radius 1 is 1.50 bits per heavy atom. The number of carbonyl (C=O) groups excluding carboxylic acids is 1. The van der Waals surface area contributed by atoms with Crippen LogP contribution in [0.3, 0.4) is 0 Å². The summed E-state index contributed by atoms with van der Waals surface area (Å²) in [6.07, 6.45) is 0. The molecule has 1 aromatic rings. The quantitative estimate of drug-likeness (QED) is 0.635. The molecule has 1 N–H and O–H groups in total. The molecule has 1 rings (SSSR count). The second-order valence-electron chi connectivity index (χ2n) is 2.15. The van der Waals surface area contributed by atoms with Gasteiger partial charge in [-0.15, -0.1) is 0 Å². The zero-order valence-electron chi connectivity index (χ0n) is 7.63. The molecule has 8 heteroatoms. The zero-order valence-corrected chi connectivity index (χ0v) is 7.63. The predicted octanol–water partition coefficient (Wildman–Crippen LogP) is -0.873. The molecule has 1 heterocycles. The summed E-state index contributed by atoms with van der Waals surface area (Å²) in [5.41, 5.74) is -0.134. The fourth-order valence-corrected chi connectivity index (χ4v) is 0.799. The van der Waals surface area contributed by atoms with Crippen molar-refractivity contribution in [3.63, 3.8) is 0 Å². The summed E-state index contributed by atoms with van der Waals surface area (Å²) in [7, 11) is 2.49. The summed E-state index contributed by atoms with van der Waals surface area (Å²) in [5, 5.41) is 16.0. The van der Waals surface area contributed by atoms with Crippen molar-refractivity contribution in [2.24, 2.45) is 0 Å². The average Bonchev–Trinajstić information content (AvgIpc) is 2.67. The van der Waals surface area contributed by atoms with Crippen LogP contribution in [-0.4, -0.2) is 40.8 Å². The molecule has 0 radical (unpaired) electrons. The molecule has 0 saturated carbocycles. The number of amides is 1. The molecule has 0 aliphatic rings. The normalized spacial score (nSPS) is 10.2. The highest BCUT2D eigenvalue weighted by Crippen LogP contribution is 2.07. The van der Waals surface area contributed by atoms with Gasteiger partial charge in [0.2, 0.25) is 5.69 Å². The van der Waals surface area contributed by atoms with E-state index < -0.39 is 12.5 Å². The molecule has 1 aromatic heterocycles. The summed E-state index contributed by atoms with van der Waals surface area (Å²) in [5.74, 6) is -0.708. The van der Waals surface area contributed by atoms with Gasteiger partial charge in [-0.1, -0.05) is 10.4 Å². The van der Waals surface area contributed by atoms with Crippen LogP contribution in [0.5, 0.6) is 0 Å². The molecule has 0 fully saturated rings. The third-order valence-corrected chi connectivity index (χ3v) is 1.41. The van der Waals surface area contributed by atoms with Crippen molar-refractivity contribution in [2.45, 2.75) is 6.61 Å². The number of rotatable bonds is 4. The molecule has 8 nitrogen and oxygen atoms in total. The van der Waals surface area contributed by atoms with Crippen LogP contribution in [0.15, 0.2) is 4.63 Å². The summed E-state index contributed by atoms with van der Waals surface area (Å²) in [6, 6.07) is 0. The summed E-state index contributed by atoms with van der Waals surface area (Å²) >= 11 is 0. The van der Waals surface area contributed by atoms with E-state index in [-0.39, 0.29) is 11.4 Å². The zero-order chi connectivity index (χ0) is 10.6. The van der Waals surface area contributed by atoms with Gasteiger partial charge in [-0.2, -0.15) is 0 Å². The molecule has 0 aliphatic carbocycles. The van der Waals surface area contributed by atoms with Gasteiger partial charge in [-0.25, -0.2) is 14.3 Å². The van der Waals surface area contributed by atoms with Crippen LogP contribution in [-0.2, 0) is 16.3 Å². The van der Waals surface area contributed by atoms with E-state index in [9.17, 15) is 4.79 Å². The molecule has 78 valence electrons. The van der Waals surface area contributed by atoms with E-state index in [2.05, 4.69) is 24.6 Å². The first-order valence-electron chi connectivity index (χ1n) is 3.59. The lowest BCUT2D eigenvalue weighted by Crippen LogP contribution is -2.29. The monoisotopic (exact) mass is 203 g/mol. The van der Waals surface area contributed by atoms with Crippen LogP contribution in [0.2, 0.25) is 0 Å². The van der Waals surface area contributed by atoms with Crippen LogP contribution >= 0.6 is 0 Å². The second-order valence-corrected chi connectivity index (χ2v) is 2.15. The second kappa shape index (κ2) is 4.65. The van der Waals surface area contributed by atoms with Gasteiger partial charge >= 0.3 is 5.91 Å². The van der Waals surface area contributed by atoms with Crippen LogP contribution in [0, 0.1) is 0 Å². The van der Waals surface area contributed by atoms with E-state index in [0.29, 0.717) is 5.23 Å². The molecule has 0 bridgehead atoms. The number of hydrogen-bond acceptors (Lipinski definition) is 7. The van der Waals surface area contributed by atoms with Crippen molar-refractivity contribution in [3.05, 3.63) is 11.4 Å². The Balaban J connectivity index is 2.87. The lowest BCUT2D eigenvalue weighted by molar-refractivity contribution is -0.299. The standard InChI is InChI=1S/C6H9N3O5/c1-12-9(13-2)6(11)5-4(3-10)7-14-8-5/h10H,3H2,1-2H3. The molecule has 0 saturated heterocycles. The Labute approximate surface area is 78.9 Å². The van der Waals surface area contributed by atoms with Crippen LogP contribution < -0.4 is 0 Å². The van der Waals surface area contributed by atoms with Gasteiger partial charge in [0, 0.05) is 0 Å². The maximum Gasteiger partial charge on any atom is 0.327 e. The molecule has 0 aliphatic heterocycles. The minimum atomic E-state index is -0.708. The lowest BCUT2D eigenvalue weighted by atomic mass is 10.3. The van der Waals surface area contributed by atoms with Gasteiger partial charge < -0.3 is 5.11 Å². The van der Waals surface area contributed by atoms with E-state index in [0.717, 1.165) is 0 Å². The maximum atomic E-state index is 11.5. The Morgan fingerprint density at radius 3 is 2.64 bits per heavy atom. The molecule has 1 amide bonds. The number of aliphatic hydroxyl groups is 1. The number of hydrogen-bond donors (Lipinski definition) is 1. The van der Waals surface area contributed by atoms with Gasteiger partial charge in [0.05, 0.1) is 20.8 Å². The van der Waals surface area contributed by atoms with Gasteiger partial charge in [0.1, 0.15) is 5.69 Å². The van der Waals surface area contributed by atoms with E-state index in [1.807, 2.05) is 0 Å². The number of aromatic nitrogens is 2. The number of nitrogens with zero attached hydrogens (tertiary/aromatic N) is 3. The molecule has 0 atom stereocenters. The molecular weight excluding hydrogens is 194 g/mol. The molecule has 0 spiro atoms. The van der Waals surface area contributed by atoms with Crippen LogP contribution in [0.4, 0.5) is 0 Å². The largest absolute Gasteiger partial charge is 0.390 e. The molecule has 0 aromatic carbocycles. The SMILES string of the molecule is CON(OC)C(=O)c1nonc1CO. The van der Waals surface area contributed by atoms with E-state index in [1.54, 1.807) is 0 Å². The smallest absolute Gasteiger partial charge is 0.327 e. The fourth-order valence-electron chi connectivity index (χ4n) is 0.799. The average molecular weight is 203 g/mol. The number of hydroxylamine groups is 2. The lowest BCUT2D eigenvalue weighted by Gasteiger charge is -2.13. The Kier molecular flexibility index (Phi) is 3.51. The minimum Gasteiger partial charge on any atom is -0.390 e. The van der Waals surface area contributed by atoms with E-state index in [4.69, 9.17) is 5.11 Å². The first-order valence-corrected chi connectivity index (χ1v) is 3.59. The van der Waals surface area contributed by atoms with Crippen LogP contribution in [0.1, 0.15) is 16.2 Å². The maximum absolute atomic E-state index is 11.5. The van der Waals surface area contributed by atoms with Crippen molar-refractivity contribution in [1.29, 1.82) is 0 Å². The van der Waals surface area contributed by atoms with Crippen molar-refractivity contribution in [2.75, 3.05) is 14.2 Å². The van der Waals surface area contributed by atoms with Crippen molar-refractivity contribution in [1.82, 2.24) is 15.5 Å². The first-order chi connectivity index (χ1) is 6.74. The highest BCUT2D eigenvalue weighted by molar-refractivity contribution is 5.91. The Hall–Kier alpha value is -1.51. The van der Waals surface area contributed by atoms with Crippen molar-refractivity contribution in [3.8, 4) is 0 Å². The predicted molar refractivity (Wildman–Crippen MR) is 40.4 cm³/mol. The number of aliphatic hydroxyl groups excluding tert-OH is 1. The summed E-state index contributed by atoms with van der Waals surface area (Å²) < 4.78 is 4.28. The fraction of sp³-hybridized carbons (Fsp3) is 0.500. The summed E-state index contributed by atoms with van der Waals surface area (Å²) in [4.78, 5) is 20.6. The molecule has 14 heavy (non-hydrogen) atoms. The van der Waals surface area contributed by atoms with Crippen molar-refractivity contribution >= 4 is 5.91 Å². The van der Waals surface area contributed by atoms with Gasteiger partial charge in [-0.05, 0) is 5.16 Å². The summed E-state index contributed by atoms with van der Waals surface area (Å²) in [6.45, 7) is -0.453. The van der Waals surface area contributed by atoms with Gasteiger partial charge in [-0.3, -0.25) is 4.79 Å². The highest BCUT2D eigenvalue weighted by Gasteiger charge is 2.24. The third-order valence-electron chi connectivity index (χ3n) is 1.41. The van der Waals surface area contributed by atoms with Gasteiger partial charge in [0.15, 0.2) is 0 Å². The Bertz CT molecular complexity index is 308. The van der Waals surface area contributed by atoms with E-state index >= 15 is 0 Å². The molecular formula is C6H9N3O5. The minimum absolute atomic E-state index is 0.0223. The van der Waals surface area contributed by atoms with Crippen molar-refractivity contribution < 1.29 is 24.2 Å². The third kappa shape index (κ3) is 1.87. The number of carbonyl (C=O) groups is 1. The van der Waals surface area contributed by atoms with Gasteiger partial charge in [0.25, 0.3) is 0 Å². The first kappa shape index (κ1) is 10.6. The topological polar surface area (TPSA) is 97.9 Å².